The fraction of sp³-hybridized carbons (Fsp3) is 0.350. The number of piperidine rings is 1. The van der Waals surface area contributed by atoms with Crippen LogP contribution in [0.25, 0.3) is 5.65 Å². The summed E-state index contributed by atoms with van der Waals surface area (Å²) in [7, 11) is 0. The van der Waals surface area contributed by atoms with Gasteiger partial charge in [0.15, 0.2) is 11.8 Å². The zero-order valence-electron chi connectivity index (χ0n) is 14.8. The van der Waals surface area contributed by atoms with Gasteiger partial charge in [0.2, 0.25) is 0 Å². The zero-order valence-corrected chi connectivity index (χ0v) is 14.8. The minimum absolute atomic E-state index is 0.0207. The minimum Gasteiger partial charge on any atom is -0.481 e. The number of carbonyl (C=O) groups excluding carboxylic acids is 1. The number of nitrogens with zero attached hydrogens (tertiary/aromatic N) is 4. The van der Waals surface area contributed by atoms with E-state index >= 15 is 0 Å². The van der Waals surface area contributed by atoms with Crippen LogP contribution in [0.5, 0.6) is 5.75 Å². The second kappa shape index (κ2) is 7.15. The van der Waals surface area contributed by atoms with Crippen molar-refractivity contribution in [2.45, 2.75) is 31.8 Å². The Balaban J connectivity index is 1.47. The second-order valence-electron chi connectivity index (χ2n) is 6.68. The molecular formula is C20H22N4O2. The number of pyridine rings is 1. The number of fused-ring (bicyclic) bond motifs is 1. The van der Waals surface area contributed by atoms with Crippen molar-refractivity contribution in [3.8, 4) is 5.75 Å². The monoisotopic (exact) mass is 350 g/mol. The van der Waals surface area contributed by atoms with Crippen LogP contribution in [0.3, 0.4) is 0 Å². The molecule has 6 nitrogen and oxygen atoms in total. The first-order valence-electron chi connectivity index (χ1n) is 9.02. The van der Waals surface area contributed by atoms with Crippen LogP contribution in [-0.4, -0.2) is 44.6 Å². The molecule has 1 amide bonds. The SMILES string of the molecule is C[C@@H](Oc1ccccc1)C(=O)N1CCC[C@@H](c2nnc3ccccn23)C1. The summed E-state index contributed by atoms with van der Waals surface area (Å²) in [6, 6.07) is 15.3. The lowest BCUT2D eigenvalue weighted by atomic mass is 9.97. The number of hydrogen-bond acceptors (Lipinski definition) is 4. The highest BCUT2D eigenvalue weighted by molar-refractivity contribution is 5.81. The van der Waals surface area contributed by atoms with Crippen LogP contribution >= 0.6 is 0 Å². The van der Waals surface area contributed by atoms with Gasteiger partial charge in [-0.3, -0.25) is 9.20 Å². The number of hydrogen-bond donors (Lipinski definition) is 0. The molecule has 0 bridgehead atoms. The molecule has 1 aliphatic rings. The lowest BCUT2D eigenvalue weighted by Crippen LogP contribution is -2.45. The lowest BCUT2D eigenvalue weighted by molar-refractivity contribution is -0.139. The van der Waals surface area contributed by atoms with Gasteiger partial charge in [-0.1, -0.05) is 24.3 Å². The van der Waals surface area contributed by atoms with Crippen LogP contribution < -0.4 is 4.74 Å². The van der Waals surface area contributed by atoms with Crippen LogP contribution in [0.15, 0.2) is 54.7 Å². The van der Waals surface area contributed by atoms with Crippen LogP contribution in [-0.2, 0) is 4.79 Å². The summed E-state index contributed by atoms with van der Waals surface area (Å²) in [5, 5.41) is 8.61. The van der Waals surface area contributed by atoms with Gasteiger partial charge in [-0.05, 0) is 44.0 Å². The highest BCUT2D eigenvalue weighted by Crippen LogP contribution is 2.26. The van der Waals surface area contributed by atoms with Crippen molar-refractivity contribution in [2.75, 3.05) is 13.1 Å². The number of ether oxygens (including phenoxy) is 1. The van der Waals surface area contributed by atoms with Crippen molar-refractivity contribution >= 4 is 11.6 Å². The maximum Gasteiger partial charge on any atom is 0.263 e. The van der Waals surface area contributed by atoms with Crippen molar-refractivity contribution in [3.63, 3.8) is 0 Å². The Morgan fingerprint density at radius 2 is 1.96 bits per heavy atom. The van der Waals surface area contributed by atoms with Gasteiger partial charge in [-0.15, -0.1) is 10.2 Å². The average molecular weight is 350 g/mol. The summed E-state index contributed by atoms with van der Waals surface area (Å²) in [5.74, 6) is 1.85. The molecular weight excluding hydrogens is 328 g/mol. The summed E-state index contributed by atoms with van der Waals surface area (Å²) in [6.45, 7) is 3.22. The van der Waals surface area contributed by atoms with Crippen LogP contribution in [0.2, 0.25) is 0 Å². The molecule has 0 N–H and O–H groups in total. The fourth-order valence-corrected chi connectivity index (χ4v) is 3.54. The number of para-hydroxylation sites is 1. The van der Waals surface area contributed by atoms with E-state index in [1.54, 1.807) is 0 Å². The quantitative estimate of drug-likeness (QED) is 0.726. The van der Waals surface area contributed by atoms with Crippen LogP contribution in [0.4, 0.5) is 0 Å². The zero-order chi connectivity index (χ0) is 17.9. The largest absolute Gasteiger partial charge is 0.481 e. The first-order valence-corrected chi connectivity index (χ1v) is 9.02. The molecule has 1 fully saturated rings. The molecule has 0 unspecified atom stereocenters. The lowest BCUT2D eigenvalue weighted by Gasteiger charge is -2.33. The van der Waals surface area contributed by atoms with E-state index in [1.807, 2.05) is 71.0 Å². The van der Waals surface area contributed by atoms with Gasteiger partial charge in [0.05, 0.1) is 0 Å². The third kappa shape index (κ3) is 3.27. The molecule has 4 rings (SSSR count). The smallest absolute Gasteiger partial charge is 0.263 e. The van der Waals surface area contributed by atoms with Gasteiger partial charge in [0, 0.05) is 25.2 Å². The van der Waals surface area contributed by atoms with E-state index in [4.69, 9.17) is 4.74 Å². The fourth-order valence-electron chi connectivity index (χ4n) is 3.54. The molecule has 1 aromatic carbocycles. The van der Waals surface area contributed by atoms with Crippen molar-refractivity contribution in [1.82, 2.24) is 19.5 Å². The van der Waals surface area contributed by atoms with E-state index in [9.17, 15) is 4.79 Å². The predicted octanol–water partition coefficient (Wildman–Crippen LogP) is 2.90. The molecule has 0 aliphatic carbocycles. The summed E-state index contributed by atoms with van der Waals surface area (Å²) in [6.07, 6.45) is 3.43. The Labute approximate surface area is 152 Å². The maximum atomic E-state index is 12.8. The summed E-state index contributed by atoms with van der Waals surface area (Å²) in [5.41, 5.74) is 0.840. The van der Waals surface area contributed by atoms with E-state index in [2.05, 4.69) is 10.2 Å². The van der Waals surface area contributed by atoms with Gasteiger partial charge in [0.25, 0.3) is 5.91 Å². The maximum absolute atomic E-state index is 12.8. The number of aromatic nitrogens is 3. The summed E-state index contributed by atoms with van der Waals surface area (Å²) >= 11 is 0. The number of amides is 1. The molecule has 2 aromatic heterocycles. The molecule has 0 spiro atoms. The van der Waals surface area contributed by atoms with Gasteiger partial charge < -0.3 is 9.64 Å². The van der Waals surface area contributed by atoms with Gasteiger partial charge >= 0.3 is 0 Å². The molecule has 2 atom stereocenters. The molecule has 1 saturated heterocycles. The highest BCUT2D eigenvalue weighted by Gasteiger charge is 2.30. The highest BCUT2D eigenvalue weighted by atomic mass is 16.5. The van der Waals surface area contributed by atoms with E-state index in [0.717, 1.165) is 30.9 Å². The van der Waals surface area contributed by atoms with Crippen molar-refractivity contribution in [2.24, 2.45) is 0 Å². The third-order valence-electron chi connectivity index (χ3n) is 4.84. The average Bonchev–Trinajstić information content (AvgIpc) is 3.12. The van der Waals surface area contributed by atoms with Gasteiger partial charge in [-0.25, -0.2) is 0 Å². The molecule has 3 aromatic rings. The van der Waals surface area contributed by atoms with Crippen LogP contribution in [0, 0.1) is 0 Å². The first kappa shape index (κ1) is 16.6. The molecule has 1 aliphatic heterocycles. The first-order chi connectivity index (χ1) is 12.7. The topological polar surface area (TPSA) is 59.7 Å². The molecule has 0 radical (unpaired) electrons. The Hall–Kier alpha value is -2.89. The predicted molar refractivity (Wildman–Crippen MR) is 98.1 cm³/mol. The molecule has 134 valence electrons. The number of likely N-dealkylation sites (tertiary alicyclic amines) is 1. The van der Waals surface area contributed by atoms with E-state index in [1.165, 1.54) is 0 Å². The van der Waals surface area contributed by atoms with E-state index < -0.39 is 6.10 Å². The molecule has 3 heterocycles. The summed E-state index contributed by atoms with van der Waals surface area (Å²) < 4.78 is 7.82. The normalized spacial score (nSPS) is 18.7. The Kier molecular flexibility index (Phi) is 4.56. The van der Waals surface area contributed by atoms with E-state index in [0.29, 0.717) is 12.3 Å². The number of carbonyl (C=O) groups is 1. The Morgan fingerprint density at radius 3 is 2.81 bits per heavy atom. The van der Waals surface area contributed by atoms with E-state index in [-0.39, 0.29) is 11.8 Å². The second-order valence-corrected chi connectivity index (χ2v) is 6.68. The molecule has 0 saturated carbocycles. The number of rotatable bonds is 4. The molecule has 26 heavy (non-hydrogen) atoms. The standard InChI is InChI=1S/C20H22N4O2/c1-15(26-17-9-3-2-4-10-17)20(25)23-12-7-8-16(14-23)19-22-21-18-11-5-6-13-24(18)19/h2-6,9-11,13,15-16H,7-8,12,14H2,1H3/t15-,16-/m1/s1. The Bertz CT molecular complexity index is 893. The third-order valence-corrected chi connectivity index (χ3v) is 4.84. The Morgan fingerprint density at radius 1 is 1.15 bits per heavy atom. The minimum atomic E-state index is -0.508. The van der Waals surface area contributed by atoms with Crippen molar-refractivity contribution in [3.05, 3.63) is 60.6 Å². The summed E-state index contributed by atoms with van der Waals surface area (Å²) in [4.78, 5) is 14.7. The molecule has 6 heteroatoms. The van der Waals surface area contributed by atoms with Crippen molar-refractivity contribution < 1.29 is 9.53 Å². The van der Waals surface area contributed by atoms with Crippen molar-refractivity contribution in [1.29, 1.82) is 0 Å². The van der Waals surface area contributed by atoms with Gasteiger partial charge in [0.1, 0.15) is 11.6 Å². The van der Waals surface area contributed by atoms with Crippen LogP contribution in [0.1, 0.15) is 31.5 Å². The number of benzene rings is 1. The van der Waals surface area contributed by atoms with Gasteiger partial charge in [-0.2, -0.15) is 0 Å².